The summed E-state index contributed by atoms with van der Waals surface area (Å²) in [6.45, 7) is 4.33. The van der Waals surface area contributed by atoms with Crippen LogP contribution in [0.2, 0.25) is 0 Å². The number of amides is 2. The zero-order valence-electron chi connectivity index (χ0n) is 14.0. The van der Waals surface area contributed by atoms with Gasteiger partial charge in [-0.3, -0.25) is 14.6 Å². The van der Waals surface area contributed by atoms with Gasteiger partial charge < -0.3 is 10.6 Å². The van der Waals surface area contributed by atoms with Crippen LogP contribution in [0.25, 0.3) is 0 Å². The lowest BCUT2D eigenvalue weighted by molar-refractivity contribution is -0.132. The molecule has 126 valence electrons. The van der Waals surface area contributed by atoms with E-state index in [2.05, 4.69) is 15.6 Å². The van der Waals surface area contributed by atoms with Crippen molar-refractivity contribution in [1.29, 1.82) is 0 Å². The minimum atomic E-state index is -0.485. The van der Waals surface area contributed by atoms with Crippen LogP contribution in [0, 0.1) is 11.8 Å². The molecule has 5 heteroatoms. The number of hydrogen-bond donors (Lipinski definition) is 2. The van der Waals surface area contributed by atoms with Crippen LogP contribution in [-0.4, -0.2) is 22.8 Å². The van der Waals surface area contributed by atoms with Gasteiger partial charge in [-0.05, 0) is 30.4 Å². The number of hydrogen-bond acceptors (Lipinski definition) is 3. The van der Waals surface area contributed by atoms with Crippen LogP contribution in [0.15, 0.2) is 24.5 Å². The summed E-state index contributed by atoms with van der Waals surface area (Å²) >= 11 is 0. The number of carbonyl (C=O) groups excluding carboxylic acids is 2. The molecule has 1 aliphatic carbocycles. The highest BCUT2D eigenvalue weighted by atomic mass is 16.2. The lowest BCUT2D eigenvalue weighted by Crippen LogP contribution is -2.51. The van der Waals surface area contributed by atoms with Crippen LogP contribution in [0.4, 0.5) is 0 Å². The number of rotatable bonds is 6. The zero-order chi connectivity index (χ0) is 16.7. The van der Waals surface area contributed by atoms with Gasteiger partial charge in [0.1, 0.15) is 6.04 Å². The maximum Gasteiger partial charge on any atom is 0.243 e. The maximum atomic E-state index is 12.4. The molecule has 1 aliphatic rings. The molecule has 0 saturated heterocycles. The lowest BCUT2D eigenvalue weighted by atomic mass is 9.88. The van der Waals surface area contributed by atoms with Gasteiger partial charge in [0.15, 0.2) is 0 Å². The maximum absolute atomic E-state index is 12.4. The molecule has 2 N–H and O–H groups in total. The van der Waals surface area contributed by atoms with E-state index >= 15 is 0 Å². The molecule has 1 aromatic heterocycles. The third-order valence-corrected chi connectivity index (χ3v) is 4.41. The minimum Gasteiger partial charge on any atom is -0.350 e. The van der Waals surface area contributed by atoms with E-state index in [1.54, 1.807) is 12.4 Å². The van der Waals surface area contributed by atoms with E-state index in [0.29, 0.717) is 6.54 Å². The Morgan fingerprint density at radius 1 is 1.26 bits per heavy atom. The molecular formula is C18H27N3O2. The molecule has 2 amide bonds. The van der Waals surface area contributed by atoms with Crippen molar-refractivity contribution in [2.45, 2.75) is 58.5 Å². The summed E-state index contributed by atoms with van der Waals surface area (Å²) in [5.41, 5.74) is 0.946. The Bertz CT molecular complexity index is 510. The summed E-state index contributed by atoms with van der Waals surface area (Å²) in [5, 5.41) is 5.85. The number of carbonyl (C=O) groups is 2. The molecule has 0 radical (unpaired) electrons. The van der Waals surface area contributed by atoms with E-state index in [9.17, 15) is 9.59 Å². The fourth-order valence-electron chi connectivity index (χ4n) is 2.97. The van der Waals surface area contributed by atoms with Gasteiger partial charge in [0.05, 0.1) is 0 Å². The van der Waals surface area contributed by atoms with Crippen molar-refractivity contribution in [3.63, 3.8) is 0 Å². The molecular weight excluding hydrogens is 290 g/mol. The topological polar surface area (TPSA) is 71.1 Å². The van der Waals surface area contributed by atoms with Gasteiger partial charge in [-0.1, -0.05) is 39.2 Å². The van der Waals surface area contributed by atoms with Crippen LogP contribution in [0.5, 0.6) is 0 Å². The molecule has 0 bridgehead atoms. The standard InChI is InChI=1S/C18H27N3O2/c1-13(2)16(21-17(22)15-8-4-3-5-9-15)18(23)20-12-14-7-6-10-19-11-14/h6-7,10-11,13,15-16H,3-5,8-9,12H2,1-2H3,(H,20,23)(H,21,22)/t16-/m1/s1. The minimum absolute atomic E-state index is 0.0277. The summed E-state index contributed by atoms with van der Waals surface area (Å²) in [6.07, 6.45) is 8.73. The highest BCUT2D eigenvalue weighted by Crippen LogP contribution is 2.24. The quantitative estimate of drug-likeness (QED) is 0.846. The van der Waals surface area contributed by atoms with E-state index in [1.165, 1.54) is 6.42 Å². The molecule has 1 atom stereocenters. The van der Waals surface area contributed by atoms with Crippen molar-refractivity contribution in [3.05, 3.63) is 30.1 Å². The predicted octanol–water partition coefficient (Wildman–Crippen LogP) is 2.42. The fourth-order valence-corrected chi connectivity index (χ4v) is 2.97. The summed E-state index contributed by atoms with van der Waals surface area (Å²) in [5.74, 6) is 0.0144. The molecule has 23 heavy (non-hydrogen) atoms. The SMILES string of the molecule is CC(C)[C@@H](NC(=O)C1CCCCC1)C(=O)NCc1cccnc1. The summed E-state index contributed by atoms with van der Waals surface area (Å²) < 4.78 is 0. The van der Waals surface area contributed by atoms with Crippen LogP contribution < -0.4 is 10.6 Å². The molecule has 0 aliphatic heterocycles. The van der Waals surface area contributed by atoms with E-state index in [-0.39, 0.29) is 23.7 Å². The Balaban J connectivity index is 1.89. The Labute approximate surface area is 138 Å². The number of pyridine rings is 1. The van der Waals surface area contributed by atoms with Crippen LogP contribution in [0.3, 0.4) is 0 Å². The Morgan fingerprint density at radius 2 is 2.00 bits per heavy atom. The van der Waals surface area contributed by atoms with E-state index in [1.807, 2.05) is 26.0 Å². The second kappa shape index (κ2) is 8.65. The summed E-state index contributed by atoms with van der Waals surface area (Å²) in [6, 6.07) is 3.27. The molecule has 0 unspecified atom stereocenters. The number of aromatic nitrogens is 1. The monoisotopic (exact) mass is 317 g/mol. The molecule has 1 aromatic rings. The highest BCUT2D eigenvalue weighted by Gasteiger charge is 2.28. The molecule has 1 saturated carbocycles. The first kappa shape index (κ1) is 17.4. The molecule has 5 nitrogen and oxygen atoms in total. The van der Waals surface area contributed by atoms with Crippen LogP contribution in [0.1, 0.15) is 51.5 Å². The first-order valence-corrected chi connectivity index (χ1v) is 8.55. The van der Waals surface area contributed by atoms with Crippen molar-refractivity contribution in [3.8, 4) is 0 Å². The highest BCUT2D eigenvalue weighted by molar-refractivity contribution is 5.88. The Kier molecular flexibility index (Phi) is 6.56. The van der Waals surface area contributed by atoms with Crippen molar-refractivity contribution in [2.75, 3.05) is 0 Å². The first-order chi connectivity index (χ1) is 11.1. The lowest BCUT2D eigenvalue weighted by Gasteiger charge is -2.26. The molecule has 0 aromatic carbocycles. The third kappa shape index (κ3) is 5.34. The summed E-state index contributed by atoms with van der Waals surface area (Å²) in [4.78, 5) is 28.9. The number of nitrogens with zero attached hydrogens (tertiary/aromatic N) is 1. The fraction of sp³-hybridized carbons (Fsp3) is 0.611. The van der Waals surface area contributed by atoms with Gasteiger partial charge in [-0.15, -0.1) is 0 Å². The first-order valence-electron chi connectivity index (χ1n) is 8.55. The van der Waals surface area contributed by atoms with Crippen molar-refractivity contribution in [1.82, 2.24) is 15.6 Å². The van der Waals surface area contributed by atoms with Crippen molar-refractivity contribution >= 4 is 11.8 Å². The largest absolute Gasteiger partial charge is 0.350 e. The van der Waals surface area contributed by atoms with Crippen molar-refractivity contribution in [2.24, 2.45) is 11.8 Å². The molecule has 1 heterocycles. The second-order valence-electron chi connectivity index (χ2n) is 6.64. The van der Waals surface area contributed by atoms with Gasteiger partial charge in [-0.25, -0.2) is 0 Å². The smallest absolute Gasteiger partial charge is 0.243 e. The number of nitrogens with one attached hydrogen (secondary N) is 2. The van der Waals surface area contributed by atoms with Crippen LogP contribution >= 0.6 is 0 Å². The van der Waals surface area contributed by atoms with E-state index in [4.69, 9.17) is 0 Å². The van der Waals surface area contributed by atoms with E-state index < -0.39 is 6.04 Å². The molecule has 1 fully saturated rings. The predicted molar refractivity (Wildman–Crippen MR) is 89.4 cm³/mol. The van der Waals surface area contributed by atoms with Crippen LogP contribution in [-0.2, 0) is 16.1 Å². The summed E-state index contributed by atoms with van der Waals surface area (Å²) in [7, 11) is 0. The van der Waals surface area contributed by atoms with E-state index in [0.717, 1.165) is 31.2 Å². The Hall–Kier alpha value is -1.91. The molecule has 0 spiro atoms. The zero-order valence-corrected chi connectivity index (χ0v) is 14.0. The van der Waals surface area contributed by atoms with Gasteiger partial charge in [-0.2, -0.15) is 0 Å². The van der Waals surface area contributed by atoms with Gasteiger partial charge in [0.2, 0.25) is 11.8 Å². The van der Waals surface area contributed by atoms with Crippen molar-refractivity contribution < 1.29 is 9.59 Å². The average molecular weight is 317 g/mol. The van der Waals surface area contributed by atoms with Gasteiger partial charge in [0, 0.05) is 24.9 Å². The van der Waals surface area contributed by atoms with Gasteiger partial charge >= 0.3 is 0 Å². The average Bonchev–Trinajstić information content (AvgIpc) is 2.58. The Morgan fingerprint density at radius 3 is 2.61 bits per heavy atom. The second-order valence-corrected chi connectivity index (χ2v) is 6.64. The third-order valence-electron chi connectivity index (χ3n) is 4.41. The normalized spacial score (nSPS) is 16.8. The molecule has 2 rings (SSSR count). The van der Waals surface area contributed by atoms with Gasteiger partial charge in [0.25, 0.3) is 0 Å².